The Morgan fingerprint density at radius 2 is 1.61 bits per heavy atom. The Labute approximate surface area is 137 Å². The Kier molecular flexibility index (Phi) is 5.42. The Balaban J connectivity index is 2.11. The predicted octanol–water partition coefficient (Wildman–Crippen LogP) is 2.16. The van der Waals surface area contributed by atoms with Crippen LogP contribution in [0.1, 0.15) is 53.3 Å². The highest BCUT2D eigenvalue weighted by Gasteiger charge is 2.33. The van der Waals surface area contributed by atoms with Crippen molar-refractivity contribution in [2.24, 2.45) is 0 Å². The number of amides is 2. The smallest absolute Gasteiger partial charge is 0.253 e. The summed E-state index contributed by atoms with van der Waals surface area (Å²) in [5, 5.41) is 10.5. The molecule has 2 rings (SSSR count). The van der Waals surface area contributed by atoms with Gasteiger partial charge in [0.25, 0.3) is 11.8 Å². The lowest BCUT2D eigenvalue weighted by Gasteiger charge is -2.28. The summed E-state index contributed by atoms with van der Waals surface area (Å²) in [5.74, 6) is -0.265. The van der Waals surface area contributed by atoms with Gasteiger partial charge in [0.15, 0.2) is 0 Å². The molecule has 0 heterocycles. The van der Waals surface area contributed by atoms with Gasteiger partial charge in [-0.05, 0) is 38.0 Å². The van der Waals surface area contributed by atoms with E-state index in [1.54, 1.807) is 48.2 Å². The fourth-order valence-electron chi connectivity index (χ4n) is 3.07. The number of rotatable bonds is 5. The summed E-state index contributed by atoms with van der Waals surface area (Å²) in [6.45, 7) is 2.85. The molecule has 1 aliphatic rings. The molecule has 1 fully saturated rings. The molecule has 0 atom stereocenters. The molecule has 1 aliphatic carbocycles. The average molecular weight is 318 g/mol. The summed E-state index contributed by atoms with van der Waals surface area (Å²) >= 11 is 0. The van der Waals surface area contributed by atoms with E-state index >= 15 is 0 Å². The first-order chi connectivity index (χ1) is 10.9. The SMILES string of the molecule is CCN(C)C(=O)c1cccc(C(=O)N(C)CC2(O)CCCC2)c1. The van der Waals surface area contributed by atoms with E-state index < -0.39 is 5.60 Å². The molecular formula is C18H26N2O3. The number of carbonyl (C=O) groups excluding carboxylic acids is 2. The molecule has 23 heavy (non-hydrogen) atoms. The van der Waals surface area contributed by atoms with E-state index in [1.165, 1.54) is 0 Å². The van der Waals surface area contributed by atoms with Crippen LogP contribution in [0.5, 0.6) is 0 Å². The number of carbonyl (C=O) groups is 2. The minimum Gasteiger partial charge on any atom is -0.388 e. The zero-order valence-corrected chi connectivity index (χ0v) is 14.2. The molecule has 0 radical (unpaired) electrons. The minimum absolute atomic E-state index is 0.0979. The van der Waals surface area contributed by atoms with Crippen molar-refractivity contribution in [3.8, 4) is 0 Å². The molecule has 5 nitrogen and oxygen atoms in total. The Hall–Kier alpha value is -1.88. The van der Waals surface area contributed by atoms with E-state index in [2.05, 4.69) is 0 Å². The quantitative estimate of drug-likeness (QED) is 0.905. The Morgan fingerprint density at radius 1 is 1.09 bits per heavy atom. The number of aliphatic hydroxyl groups is 1. The highest BCUT2D eigenvalue weighted by Crippen LogP contribution is 2.30. The molecule has 0 spiro atoms. The number of benzene rings is 1. The van der Waals surface area contributed by atoms with Crippen LogP contribution in [0, 0.1) is 0 Å². The number of hydrogen-bond donors (Lipinski definition) is 1. The van der Waals surface area contributed by atoms with Crippen molar-refractivity contribution in [3.05, 3.63) is 35.4 Å². The molecule has 2 amide bonds. The highest BCUT2D eigenvalue weighted by molar-refractivity contribution is 5.99. The van der Waals surface area contributed by atoms with Gasteiger partial charge in [-0.2, -0.15) is 0 Å². The monoisotopic (exact) mass is 318 g/mol. The van der Waals surface area contributed by atoms with Crippen LogP contribution >= 0.6 is 0 Å². The van der Waals surface area contributed by atoms with Crippen molar-refractivity contribution in [1.82, 2.24) is 9.80 Å². The summed E-state index contributed by atoms with van der Waals surface area (Å²) in [7, 11) is 3.43. The van der Waals surface area contributed by atoms with Gasteiger partial charge in [-0.3, -0.25) is 9.59 Å². The zero-order valence-electron chi connectivity index (χ0n) is 14.2. The standard InChI is InChI=1S/C18H26N2O3/c1-4-19(2)16(21)14-8-7-9-15(12-14)17(22)20(3)13-18(23)10-5-6-11-18/h7-9,12,23H,4-6,10-11,13H2,1-3H3. The summed E-state index contributed by atoms with van der Waals surface area (Å²) in [4.78, 5) is 27.9. The second-order valence-electron chi connectivity index (χ2n) is 6.49. The maximum Gasteiger partial charge on any atom is 0.253 e. The first-order valence-corrected chi connectivity index (χ1v) is 8.20. The molecule has 1 N–H and O–H groups in total. The lowest BCUT2D eigenvalue weighted by molar-refractivity contribution is 0.0156. The molecule has 1 saturated carbocycles. The van der Waals surface area contributed by atoms with Gasteiger partial charge in [-0.15, -0.1) is 0 Å². The normalized spacial score (nSPS) is 16.2. The third-order valence-electron chi connectivity index (χ3n) is 4.59. The van der Waals surface area contributed by atoms with E-state index in [0.29, 0.717) is 24.2 Å². The third kappa shape index (κ3) is 4.10. The van der Waals surface area contributed by atoms with Gasteiger partial charge in [-0.1, -0.05) is 18.9 Å². The molecule has 126 valence electrons. The van der Waals surface area contributed by atoms with Crippen LogP contribution in [0.25, 0.3) is 0 Å². The number of hydrogen-bond acceptors (Lipinski definition) is 3. The van der Waals surface area contributed by atoms with Crippen molar-refractivity contribution >= 4 is 11.8 Å². The molecule has 0 aliphatic heterocycles. The summed E-state index contributed by atoms with van der Waals surface area (Å²) in [6.07, 6.45) is 3.49. The Bertz CT molecular complexity index is 579. The van der Waals surface area contributed by atoms with E-state index in [-0.39, 0.29) is 11.8 Å². The molecule has 0 unspecified atom stereocenters. The van der Waals surface area contributed by atoms with Crippen LogP contribution < -0.4 is 0 Å². The number of likely N-dealkylation sites (N-methyl/N-ethyl adjacent to an activating group) is 1. The average Bonchev–Trinajstić information content (AvgIpc) is 2.98. The van der Waals surface area contributed by atoms with E-state index in [1.807, 2.05) is 6.92 Å². The third-order valence-corrected chi connectivity index (χ3v) is 4.59. The lowest BCUT2D eigenvalue weighted by Crippen LogP contribution is -2.42. The van der Waals surface area contributed by atoms with E-state index in [9.17, 15) is 14.7 Å². The minimum atomic E-state index is -0.764. The maximum absolute atomic E-state index is 12.6. The highest BCUT2D eigenvalue weighted by atomic mass is 16.3. The van der Waals surface area contributed by atoms with Crippen LogP contribution in [-0.2, 0) is 0 Å². The number of nitrogens with zero attached hydrogens (tertiary/aromatic N) is 2. The predicted molar refractivity (Wildman–Crippen MR) is 89.5 cm³/mol. The van der Waals surface area contributed by atoms with Crippen LogP contribution in [0.15, 0.2) is 24.3 Å². The van der Waals surface area contributed by atoms with Crippen LogP contribution in [0.3, 0.4) is 0 Å². The second-order valence-corrected chi connectivity index (χ2v) is 6.49. The molecule has 1 aromatic rings. The van der Waals surface area contributed by atoms with Gasteiger partial charge in [0.1, 0.15) is 0 Å². The van der Waals surface area contributed by atoms with E-state index in [4.69, 9.17) is 0 Å². The van der Waals surface area contributed by atoms with Gasteiger partial charge < -0.3 is 14.9 Å². The van der Waals surface area contributed by atoms with Gasteiger partial charge >= 0.3 is 0 Å². The molecule has 0 saturated heterocycles. The fraction of sp³-hybridized carbons (Fsp3) is 0.556. The first kappa shape index (κ1) is 17.5. The van der Waals surface area contributed by atoms with Crippen LogP contribution in [0.2, 0.25) is 0 Å². The van der Waals surface area contributed by atoms with Crippen molar-refractivity contribution in [1.29, 1.82) is 0 Å². The zero-order chi connectivity index (χ0) is 17.0. The molecule has 0 aromatic heterocycles. The van der Waals surface area contributed by atoms with Crippen LogP contribution in [-0.4, -0.2) is 59.5 Å². The summed E-state index contributed by atoms with van der Waals surface area (Å²) in [6, 6.07) is 6.78. The van der Waals surface area contributed by atoms with Crippen molar-refractivity contribution in [2.75, 3.05) is 27.2 Å². The van der Waals surface area contributed by atoms with E-state index in [0.717, 1.165) is 25.7 Å². The van der Waals surface area contributed by atoms with Gasteiger partial charge in [0.05, 0.1) is 5.60 Å². The maximum atomic E-state index is 12.6. The Morgan fingerprint density at radius 3 is 2.13 bits per heavy atom. The largest absolute Gasteiger partial charge is 0.388 e. The summed E-state index contributed by atoms with van der Waals surface area (Å²) < 4.78 is 0. The van der Waals surface area contributed by atoms with Crippen molar-refractivity contribution < 1.29 is 14.7 Å². The molecule has 5 heteroatoms. The summed E-state index contributed by atoms with van der Waals surface area (Å²) in [5.41, 5.74) is 0.220. The van der Waals surface area contributed by atoms with Crippen LogP contribution in [0.4, 0.5) is 0 Å². The molecule has 1 aromatic carbocycles. The first-order valence-electron chi connectivity index (χ1n) is 8.20. The molecular weight excluding hydrogens is 292 g/mol. The topological polar surface area (TPSA) is 60.9 Å². The fourth-order valence-corrected chi connectivity index (χ4v) is 3.07. The van der Waals surface area contributed by atoms with Crippen molar-refractivity contribution in [2.45, 2.75) is 38.2 Å². The van der Waals surface area contributed by atoms with Gasteiger partial charge in [-0.25, -0.2) is 0 Å². The second kappa shape index (κ2) is 7.13. The van der Waals surface area contributed by atoms with Crippen molar-refractivity contribution in [3.63, 3.8) is 0 Å². The van der Waals surface area contributed by atoms with Gasteiger partial charge in [0, 0.05) is 38.3 Å². The van der Waals surface area contributed by atoms with Gasteiger partial charge in [0.2, 0.25) is 0 Å². The lowest BCUT2D eigenvalue weighted by atomic mass is 10.0. The molecule has 0 bridgehead atoms.